The number of sulfonamides is 1. The second-order valence-electron chi connectivity index (χ2n) is 3.70. The molecule has 9 heteroatoms. The average molecular weight is 306 g/mol. The summed E-state index contributed by atoms with van der Waals surface area (Å²) in [5, 5.41) is 12.8. The Bertz CT molecular complexity index is 591. The normalized spacial score (nSPS) is 11.3. The molecule has 106 valence electrons. The maximum Gasteiger partial charge on any atom is 0.347 e. The summed E-state index contributed by atoms with van der Waals surface area (Å²) in [6, 6.07) is 0. The van der Waals surface area contributed by atoms with E-state index in [1.54, 1.807) is 0 Å². The van der Waals surface area contributed by atoms with Gasteiger partial charge in [0.1, 0.15) is 9.77 Å². The zero-order chi connectivity index (χ0) is 14.6. The highest BCUT2D eigenvalue weighted by atomic mass is 32.2. The van der Waals surface area contributed by atoms with Crippen molar-refractivity contribution in [3.8, 4) is 0 Å². The summed E-state index contributed by atoms with van der Waals surface area (Å²) in [5.74, 6) is -1.59. The molecule has 1 aromatic rings. The van der Waals surface area contributed by atoms with Gasteiger partial charge >= 0.3 is 5.97 Å². The monoisotopic (exact) mass is 306 g/mol. The summed E-state index contributed by atoms with van der Waals surface area (Å²) in [7, 11) is -2.48. The van der Waals surface area contributed by atoms with E-state index in [-0.39, 0.29) is 28.6 Å². The molecular formula is C10H14N2O5S2. The number of aryl methyl sites for hydroxylation is 1. The van der Waals surface area contributed by atoms with Crippen molar-refractivity contribution >= 4 is 33.2 Å². The molecule has 7 nitrogen and oxygen atoms in total. The Balaban J connectivity index is 2.92. The van der Waals surface area contributed by atoms with Gasteiger partial charge < -0.3 is 10.4 Å². The molecular weight excluding hydrogens is 292 g/mol. The Kier molecular flexibility index (Phi) is 5.04. The molecule has 0 unspecified atom stereocenters. The zero-order valence-electron chi connectivity index (χ0n) is 10.4. The number of aromatic carboxylic acids is 1. The Morgan fingerprint density at radius 3 is 2.58 bits per heavy atom. The third-order valence-electron chi connectivity index (χ3n) is 2.30. The van der Waals surface area contributed by atoms with Crippen molar-refractivity contribution in [3.63, 3.8) is 0 Å². The number of nitrogens with one attached hydrogen (secondary N) is 2. The van der Waals surface area contributed by atoms with Crippen molar-refractivity contribution < 1.29 is 23.1 Å². The highest BCUT2D eigenvalue weighted by molar-refractivity contribution is 7.89. The summed E-state index contributed by atoms with van der Waals surface area (Å²) in [4.78, 5) is 21.5. The lowest BCUT2D eigenvalue weighted by molar-refractivity contribution is -0.120. The van der Waals surface area contributed by atoms with E-state index < -0.39 is 16.0 Å². The van der Waals surface area contributed by atoms with Gasteiger partial charge in [0.15, 0.2) is 0 Å². The summed E-state index contributed by atoms with van der Waals surface area (Å²) in [5.41, 5.74) is 0.370. The van der Waals surface area contributed by atoms with E-state index in [0.29, 0.717) is 5.56 Å². The van der Waals surface area contributed by atoms with Crippen LogP contribution in [0.15, 0.2) is 10.3 Å². The van der Waals surface area contributed by atoms with Crippen LogP contribution in [-0.2, 0) is 14.8 Å². The predicted molar refractivity (Wildman–Crippen MR) is 69.9 cm³/mol. The lowest BCUT2D eigenvalue weighted by Gasteiger charge is -2.07. The van der Waals surface area contributed by atoms with Crippen molar-refractivity contribution in [2.75, 3.05) is 13.6 Å². The third-order valence-corrected chi connectivity index (χ3v) is 5.17. The van der Waals surface area contributed by atoms with Gasteiger partial charge in [0.2, 0.25) is 15.9 Å². The number of carboxylic acid groups (broad SMARTS) is 1. The van der Waals surface area contributed by atoms with Crippen LogP contribution in [0.2, 0.25) is 0 Å². The fourth-order valence-electron chi connectivity index (χ4n) is 1.41. The first kappa shape index (κ1) is 15.6. The molecule has 0 atom stereocenters. The molecule has 1 amide bonds. The van der Waals surface area contributed by atoms with E-state index in [0.717, 1.165) is 11.3 Å². The van der Waals surface area contributed by atoms with Crippen molar-refractivity contribution in [1.82, 2.24) is 10.0 Å². The number of amides is 1. The molecule has 1 rings (SSSR count). The van der Waals surface area contributed by atoms with Gasteiger partial charge in [0.25, 0.3) is 0 Å². The number of hydrogen-bond donors (Lipinski definition) is 3. The Morgan fingerprint density at radius 2 is 2.05 bits per heavy atom. The van der Waals surface area contributed by atoms with Crippen LogP contribution in [0.4, 0.5) is 0 Å². The van der Waals surface area contributed by atoms with Gasteiger partial charge in [0, 0.05) is 20.0 Å². The molecule has 0 saturated carbocycles. The van der Waals surface area contributed by atoms with Crippen LogP contribution in [-0.4, -0.2) is 39.0 Å². The van der Waals surface area contributed by atoms with Crippen LogP contribution < -0.4 is 10.0 Å². The molecule has 0 aliphatic carbocycles. The van der Waals surface area contributed by atoms with Gasteiger partial charge in [-0.15, -0.1) is 11.3 Å². The summed E-state index contributed by atoms with van der Waals surface area (Å²) in [6.45, 7) is 1.44. The molecule has 0 radical (unpaired) electrons. The smallest absolute Gasteiger partial charge is 0.347 e. The summed E-state index contributed by atoms with van der Waals surface area (Å²) >= 11 is 0.857. The third kappa shape index (κ3) is 3.75. The predicted octanol–water partition coefficient (Wildman–Crippen LogP) is 0.169. The van der Waals surface area contributed by atoms with Crippen molar-refractivity contribution in [3.05, 3.63) is 15.8 Å². The molecule has 0 fully saturated rings. The molecule has 0 bridgehead atoms. The van der Waals surface area contributed by atoms with Gasteiger partial charge in [-0.1, -0.05) is 0 Å². The Morgan fingerprint density at radius 1 is 1.42 bits per heavy atom. The van der Waals surface area contributed by atoms with E-state index in [2.05, 4.69) is 10.0 Å². The van der Waals surface area contributed by atoms with Crippen LogP contribution >= 0.6 is 11.3 Å². The van der Waals surface area contributed by atoms with Crippen molar-refractivity contribution in [1.29, 1.82) is 0 Å². The van der Waals surface area contributed by atoms with Gasteiger partial charge in [-0.3, -0.25) is 4.79 Å². The highest BCUT2D eigenvalue weighted by Crippen LogP contribution is 2.26. The lowest BCUT2D eigenvalue weighted by atomic mass is 10.3. The highest BCUT2D eigenvalue weighted by Gasteiger charge is 2.26. The van der Waals surface area contributed by atoms with Crippen LogP contribution in [0.1, 0.15) is 21.7 Å². The number of carbonyl (C=O) groups is 2. The van der Waals surface area contributed by atoms with E-state index in [9.17, 15) is 18.0 Å². The first-order chi connectivity index (χ1) is 8.79. The first-order valence-corrected chi connectivity index (χ1v) is 7.67. The quantitative estimate of drug-likeness (QED) is 0.693. The molecule has 0 saturated heterocycles. The van der Waals surface area contributed by atoms with Gasteiger partial charge in [-0.2, -0.15) is 0 Å². The molecule has 0 aliphatic rings. The molecule has 1 aromatic heterocycles. The Hall–Kier alpha value is -1.45. The van der Waals surface area contributed by atoms with E-state index >= 15 is 0 Å². The fourth-order valence-corrected chi connectivity index (χ4v) is 4.07. The van der Waals surface area contributed by atoms with Crippen LogP contribution in [0.3, 0.4) is 0 Å². The van der Waals surface area contributed by atoms with Crippen LogP contribution in [0.5, 0.6) is 0 Å². The number of carboxylic acids is 1. The minimum Gasteiger partial charge on any atom is -0.477 e. The Labute approximate surface area is 114 Å². The topological polar surface area (TPSA) is 113 Å². The van der Waals surface area contributed by atoms with Crippen molar-refractivity contribution in [2.45, 2.75) is 18.2 Å². The minimum atomic E-state index is -3.93. The largest absolute Gasteiger partial charge is 0.477 e. The first-order valence-electron chi connectivity index (χ1n) is 5.31. The van der Waals surface area contributed by atoms with E-state index in [4.69, 9.17) is 5.11 Å². The van der Waals surface area contributed by atoms with Crippen molar-refractivity contribution in [2.24, 2.45) is 0 Å². The average Bonchev–Trinajstić information content (AvgIpc) is 2.71. The number of carbonyl (C=O) groups excluding carboxylic acids is 1. The fraction of sp³-hybridized carbons (Fsp3) is 0.400. The molecule has 3 N–H and O–H groups in total. The van der Waals surface area contributed by atoms with E-state index in [1.165, 1.54) is 19.4 Å². The maximum absolute atomic E-state index is 12.0. The molecule has 0 spiro atoms. The SMILES string of the molecule is CNC(=O)CCNS(=O)(=O)c1c(C)csc1C(=O)O. The molecule has 0 aliphatic heterocycles. The van der Waals surface area contributed by atoms with Crippen LogP contribution in [0, 0.1) is 6.92 Å². The van der Waals surface area contributed by atoms with Crippen LogP contribution in [0.25, 0.3) is 0 Å². The summed E-state index contributed by atoms with van der Waals surface area (Å²) in [6.07, 6.45) is -0.0126. The zero-order valence-corrected chi connectivity index (χ0v) is 12.0. The second-order valence-corrected chi connectivity index (χ2v) is 6.29. The standard InChI is InChI=1S/C10H14N2O5S2/c1-6-5-18-8(10(14)15)9(6)19(16,17)12-4-3-7(13)11-2/h5,12H,3-4H2,1-2H3,(H,11,13)(H,14,15). The maximum atomic E-state index is 12.0. The summed E-state index contributed by atoms with van der Waals surface area (Å²) < 4.78 is 26.2. The van der Waals surface area contributed by atoms with Gasteiger partial charge in [-0.25, -0.2) is 17.9 Å². The van der Waals surface area contributed by atoms with Gasteiger partial charge in [-0.05, 0) is 17.9 Å². The van der Waals surface area contributed by atoms with Gasteiger partial charge in [0.05, 0.1) is 0 Å². The molecule has 0 aromatic carbocycles. The number of rotatable bonds is 6. The molecule has 1 heterocycles. The minimum absolute atomic E-state index is 0.0126. The number of hydrogen-bond acceptors (Lipinski definition) is 5. The lowest BCUT2D eigenvalue weighted by Crippen LogP contribution is -2.30. The van der Waals surface area contributed by atoms with E-state index in [1.807, 2.05) is 0 Å². The second kappa shape index (κ2) is 6.13. The number of thiophene rings is 1. The molecule has 19 heavy (non-hydrogen) atoms.